The average Bonchev–Trinajstić information content (AvgIpc) is 2.73. The van der Waals surface area contributed by atoms with Gasteiger partial charge in [-0.1, -0.05) is 13.3 Å². The first-order valence-corrected chi connectivity index (χ1v) is 5.98. The zero-order valence-corrected chi connectivity index (χ0v) is 10.9. The van der Waals surface area contributed by atoms with Gasteiger partial charge in [0.05, 0.1) is 11.6 Å². The first-order valence-electron chi connectivity index (χ1n) is 5.98. The maximum absolute atomic E-state index is 12.0. The molecule has 0 aliphatic carbocycles. The van der Waals surface area contributed by atoms with Crippen molar-refractivity contribution in [1.29, 1.82) is 0 Å². The van der Waals surface area contributed by atoms with Crippen LogP contribution in [-0.4, -0.2) is 32.8 Å². The highest BCUT2D eigenvalue weighted by Crippen LogP contribution is 2.14. The second kappa shape index (κ2) is 6.18. The summed E-state index contributed by atoms with van der Waals surface area (Å²) in [6.07, 6.45) is 2.75. The van der Waals surface area contributed by atoms with Gasteiger partial charge >= 0.3 is 5.97 Å². The lowest BCUT2D eigenvalue weighted by Gasteiger charge is -2.17. The molecule has 0 aromatic carbocycles. The van der Waals surface area contributed by atoms with Crippen LogP contribution >= 0.6 is 0 Å². The third-order valence-corrected chi connectivity index (χ3v) is 2.89. The van der Waals surface area contributed by atoms with Crippen molar-refractivity contribution in [2.45, 2.75) is 38.6 Å². The van der Waals surface area contributed by atoms with Crippen LogP contribution in [0.5, 0.6) is 0 Å². The first-order chi connectivity index (χ1) is 8.47. The van der Waals surface area contributed by atoms with Gasteiger partial charge in [0.1, 0.15) is 6.04 Å². The van der Waals surface area contributed by atoms with Gasteiger partial charge < -0.3 is 10.4 Å². The van der Waals surface area contributed by atoms with E-state index in [1.54, 1.807) is 30.9 Å². The summed E-state index contributed by atoms with van der Waals surface area (Å²) >= 11 is 0. The summed E-state index contributed by atoms with van der Waals surface area (Å²) in [6, 6.07) is 0.929. The number of aliphatic carboxylic acids is 1. The molecule has 0 aliphatic rings. The molecule has 1 heterocycles. The van der Waals surface area contributed by atoms with E-state index in [2.05, 4.69) is 10.4 Å². The number of hydrogen-bond donors (Lipinski definition) is 2. The minimum absolute atomic E-state index is 0.292. The minimum atomic E-state index is -0.998. The molecule has 6 heteroatoms. The summed E-state index contributed by atoms with van der Waals surface area (Å²) in [4.78, 5) is 22.9. The summed E-state index contributed by atoms with van der Waals surface area (Å²) in [5, 5.41) is 15.5. The number of carboxylic acids is 1. The molecule has 1 aromatic rings. The van der Waals surface area contributed by atoms with E-state index in [0.717, 1.165) is 5.69 Å². The third-order valence-electron chi connectivity index (χ3n) is 2.89. The Morgan fingerprint density at radius 1 is 1.56 bits per heavy atom. The lowest BCUT2D eigenvalue weighted by Crippen LogP contribution is -2.42. The van der Waals surface area contributed by atoms with E-state index in [-0.39, 0.29) is 5.91 Å². The largest absolute Gasteiger partial charge is 0.480 e. The van der Waals surface area contributed by atoms with Gasteiger partial charge in [-0.05, 0) is 19.4 Å². The molecule has 2 atom stereocenters. The van der Waals surface area contributed by atoms with Gasteiger partial charge in [0.15, 0.2) is 0 Å². The molecule has 2 unspecified atom stereocenters. The van der Waals surface area contributed by atoms with E-state index < -0.39 is 17.9 Å². The SMILES string of the molecule is CCCC(NC(=O)C(C)c1ccnn1C)C(=O)O. The zero-order valence-electron chi connectivity index (χ0n) is 10.9. The van der Waals surface area contributed by atoms with Crippen molar-refractivity contribution in [3.63, 3.8) is 0 Å². The normalized spacial score (nSPS) is 13.9. The van der Waals surface area contributed by atoms with Crippen LogP contribution in [0.3, 0.4) is 0 Å². The standard InChI is InChI=1S/C12H19N3O3/c1-4-5-9(12(17)18)14-11(16)8(2)10-6-7-13-15(10)3/h6-9H,4-5H2,1-3H3,(H,14,16)(H,17,18). The lowest BCUT2D eigenvalue weighted by atomic mass is 10.1. The van der Waals surface area contributed by atoms with Crippen LogP contribution in [0.1, 0.15) is 38.3 Å². The zero-order chi connectivity index (χ0) is 13.7. The number of carboxylic acid groups (broad SMARTS) is 1. The van der Waals surface area contributed by atoms with Crippen LogP contribution in [0.4, 0.5) is 0 Å². The molecule has 2 N–H and O–H groups in total. The van der Waals surface area contributed by atoms with Crippen molar-refractivity contribution in [2.24, 2.45) is 7.05 Å². The summed E-state index contributed by atoms with van der Waals surface area (Å²) in [5.41, 5.74) is 0.758. The number of carbonyl (C=O) groups excluding carboxylic acids is 1. The molecule has 1 rings (SSSR count). The number of nitrogens with one attached hydrogen (secondary N) is 1. The number of aryl methyl sites for hydroxylation is 1. The third kappa shape index (κ3) is 3.32. The monoisotopic (exact) mass is 253 g/mol. The molecule has 0 fully saturated rings. The number of nitrogens with zero attached hydrogens (tertiary/aromatic N) is 2. The highest BCUT2D eigenvalue weighted by molar-refractivity contribution is 5.87. The Hall–Kier alpha value is -1.85. The molecule has 1 amide bonds. The Labute approximate surface area is 106 Å². The Balaban J connectivity index is 2.70. The van der Waals surface area contributed by atoms with E-state index in [1.165, 1.54) is 0 Å². The molecule has 0 saturated heterocycles. The Morgan fingerprint density at radius 3 is 2.67 bits per heavy atom. The van der Waals surface area contributed by atoms with Crippen LogP contribution in [0, 0.1) is 0 Å². The van der Waals surface area contributed by atoms with Gasteiger partial charge in [0.25, 0.3) is 0 Å². The van der Waals surface area contributed by atoms with Crippen molar-refractivity contribution in [2.75, 3.05) is 0 Å². The van der Waals surface area contributed by atoms with Gasteiger partial charge in [0.2, 0.25) is 5.91 Å². The van der Waals surface area contributed by atoms with E-state index in [1.807, 2.05) is 6.92 Å². The van der Waals surface area contributed by atoms with Gasteiger partial charge in [0, 0.05) is 13.2 Å². The molecule has 0 aliphatic heterocycles. The van der Waals surface area contributed by atoms with Crippen LogP contribution in [0.25, 0.3) is 0 Å². The Morgan fingerprint density at radius 2 is 2.22 bits per heavy atom. The molecular formula is C12H19N3O3. The smallest absolute Gasteiger partial charge is 0.326 e. The van der Waals surface area contributed by atoms with Crippen LogP contribution in [0.2, 0.25) is 0 Å². The van der Waals surface area contributed by atoms with Crippen molar-refractivity contribution in [1.82, 2.24) is 15.1 Å². The van der Waals surface area contributed by atoms with Gasteiger partial charge in [-0.15, -0.1) is 0 Å². The molecule has 18 heavy (non-hydrogen) atoms. The van der Waals surface area contributed by atoms with Crippen molar-refractivity contribution < 1.29 is 14.7 Å². The van der Waals surface area contributed by atoms with E-state index in [4.69, 9.17) is 5.11 Å². The number of aromatic nitrogens is 2. The molecule has 6 nitrogen and oxygen atoms in total. The predicted molar refractivity (Wildman–Crippen MR) is 66.1 cm³/mol. The van der Waals surface area contributed by atoms with E-state index in [9.17, 15) is 9.59 Å². The number of carbonyl (C=O) groups is 2. The lowest BCUT2D eigenvalue weighted by molar-refractivity contribution is -0.142. The topological polar surface area (TPSA) is 84.2 Å². The predicted octanol–water partition coefficient (Wildman–Crippen LogP) is 0.893. The van der Waals surface area contributed by atoms with Gasteiger partial charge in [-0.2, -0.15) is 5.10 Å². The van der Waals surface area contributed by atoms with Crippen LogP contribution in [0.15, 0.2) is 12.3 Å². The Bertz CT molecular complexity index is 428. The second-order valence-electron chi connectivity index (χ2n) is 4.29. The second-order valence-corrected chi connectivity index (χ2v) is 4.29. The van der Waals surface area contributed by atoms with Crippen molar-refractivity contribution in [3.8, 4) is 0 Å². The molecular weight excluding hydrogens is 234 g/mol. The van der Waals surface area contributed by atoms with Crippen LogP contribution < -0.4 is 5.32 Å². The van der Waals surface area contributed by atoms with Crippen LogP contribution in [-0.2, 0) is 16.6 Å². The molecule has 0 radical (unpaired) electrons. The number of hydrogen-bond acceptors (Lipinski definition) is 3. The fraction of sp³-hybridized carbons (Fsp3) is 0.583. The summed E-state index contributed by atoms with van der Waals surface area (Å²) < 4.78 is 1.61. The maximum atomic E-state index is 12.0. The fourth-order valence-corrected chi connectivity index (χ4v) is 1.79. The molecule has 0 bridgehead atoms. The van der Waals surface area contributed by atoms with E-state index in [0.29, 0.717) is 12.8 Å². The fourth-order valence-electron chi connectivity index (χ4n) is 1.79. The summed E-state index contributed by atoms with van der Waals surface area (Å²) in [5.74, 6) is -1.71. The first kappa shape index (κ1) is 14.2. The minimum Gasteiger partial charge on any atom is -0.480 e. The summed E-state index contributed by atoms with van der Waals surface area (Å²) in [7, 11) is 1.75. The van der Waals surface area contributed by atoms with Gasteiger partial charge in [-0.25, -0.2) is 4.79 Å². The van der Waals surface area contributed by atoms with Crippen molar-refractivity contribution >= 4 is 11.9 Å². The molecule has 100 valence electrons. The quantitative estimate of drug-likeness (QED) is 0.788. The van der Waals surface area contributed by atoms with Gasteiger partial charge in [-0.3, -0.25) is 9.48 Å². The van der Waals surface area contributed by atoms with Crippen molar-refractivity contribution in [3.05, 3.63) is 18.0 Å². The Kier molecular flexibility index (Phi) is 4.88. The van der Waals surface area contributed by atoms with E-state index >= 15 is 0 Å². The highest BCUT2D eigenvalue weighted by atomic mass is 16.4. The number of rotatable bonds is 6. The summed E-state index contributed by atoms with van der Waals surface area (Å²) in [6.45, 7) is 3.61. The maximum Gasteiger partial charge on any atom is 0.326 e. The average molecular weight is 253 g/mol. The highest BCUT2D eigenvalue weighted by Gasteiger charge is 2.24. The molecule has 1 aromatic heterocycles. The number of amides is 1. The molecule has 0 saturated carbocycles. The molecule has 0 spiro atoms.